The van der Waals surface area contributed by atoms with E-state index in [1.165, 1.54) is 12.1 Å². The van der Waals surface area contributed by atoms with Crippen molar-refractivity contribution in [3.63, 3.8) is 0 Å². The van der Waals surface area contributed by atoms with Crippen LogP contribution in [0.5, 0.6) is 5.88 Å². The Kier molecular flexibility index (Phi) is 6.03. The van der Waals surface area contributed by atoms with E-state index >= 15 is 0 Å². The highest BCUT2D eigenvalue weighted by molar-refractivity contribution is 5.39. The van der Waals surface area contributed by atoms with Crippen LogP contribution in [0, 0.1) is 24.1 Å². The molecule has 1 N–H and O–H groups in total. The number of benzene rings is 1. The fraction of sp³-hybridized carbons (Fsp3) is 0.458. The van der Waals surface area contributed by atoms with Gasteiger partial charge in [-0.2, -0.15) is 0 Å². The number of piperidine rings is 3. The number of hydrogen-bond donors (Lipinski definition) is 1. The molecule has 0 amide bonds. The summed E-state index contributed by atoms with van der Waals surface area (Å²) in [6.07, 6.45) is 8.30. The second-order valence-corrected chi connectivity index (χ2v) is 8.04. The second kappa shape index (κ2) is 8.71. The molecule has 2 atom stereocenters. The topological polar surface area (TPSA) is 45.6 Å². The normalized spacial score (nSPS) is 27.6. The third-order valence-corrected chi connectivity index (χ3v) is 6.28. The Hall–Kier alpha value is -2.49. The van der Waals surface area contributed by atoms with Gasteiger partial charge in [0, 0.05) is 24.5 Å². The number of halogens is 2. The zero-order valence-corrected chi connectivity index (χ0v) is 16.9. The molecule has 3 aliphatic rings. The summed E-state index contributed by atoms with van der Waals surface area (Å²) >= 11 is 0. The molecule has 0 radical (unpaired) electrons. The van der Waals surface area contributed by atoms with Gasteiger partial charge in [0.2, 0.25) is 5.88 Å². The second-order valence-electron chi connectivity index (χ2n) is 8.04. The van der Waals surface area contributed by atoms with E-state index < -0.39 is 18.3 Å². The molecule has 0 saturated carbocycles. The van der Waals surface area contributed by atoms with Gasteiger partial charge in [-0.15, -0.1) is 6.42 Å². The Balaban J connectivity index is 1.74. The molecule has 4 nitrogen and oxygen atoms in total. The van der Waals surface area contributed by atoms with Crippen LogP contribution in [-0.4, -0.2) is 47.4 Å². The van der Waals surface area contributed by atoms with E-state index in [4.69, 9.17) is 11.2 Å². The highest BCUT2D eigenvalue weighted by atomic mass is 19.1. The highest BCUT2D eigenvalue weighted by Gasteiger charge is 2.54. The number of aliphatic hydroxyl groups is 1. The number of pyridine rings is 1. The first-order valence-electron chi connectivity index (χ1n) is 10.4. The molecule has 1 aromatic heterocycles. The van der Waals surface area contributed by atoms with E-state index in [1.807, 2.05) is 6.07 Å². The molecule has 3 fully saturated rings. The molecule has 2 bridgehead atoms. The van der Waals surface area contributed by atoms with Gasteiger partial charge in [0.25, 0.3) is 0 Å². The third kappa shape index (κ3) is 3.80. The quantitative estimate of drug-likeness (QED) is 0.559. The maximum atomic E-state index is 13.4. The minimum absolute atomic E-state index is 0.0515. The van der Waals surface area contributed by atoms with Crippen molar-refractivity contribution in [2.75, 3.05) is 26.4 Å². The predicted molar refractivity (Wildman–Crippen MR) is 110 cm³/mol. The van der Waals surface area contributed by atoms with E-state index in [-0.39, 0.29) is 24.8 Å². The predicted octanol–water partition coefficient (Wildman–Crippen LogP) is 3.46. The van der Waals surface area contributed by atoms with Crippen molar-refractivity contribution in [1.29, 1.82) is 0 Å². The Morgan fingerprint density at radius 2 is 1.93 bits per heavy atom. The molecule has 158 valence electrons. The summed E-state index contributed by atoms with van der Waals surface area (Å²) in [6.45, 7) is 1.54. The molecule has 6 heteroatoms. The summed E-state index contributed by atoms with van der Waals surface area (Å²) < 4.78 is 31.4. The largest absolute Gasteiger partial charge is 0.478 e. The lowest BCUT2D eigenvalue weighted by atomic mass is 9.66. The number of fused-ring (bicyclic) bond motifs is 3. The van der Waals surface area contributed by atoms with Crippen LogP contribution in [0.1, 0.15) is 36.1 Å². The lowest BCUT2D eigenvalue weighted by molar-refractivity contribution is -0.143. The van der Waals surface area contributed by atoms with Crippen LogP contribution < -0.4 is 4.74 Å². The first-order valence-corrected chi connectivity index (χ1v) is 10.4. The average Bonchev–Trinajstić information content (AvgIpc) is 2.76. The van der Waals surface area contributed by atoms with Gasteiger partial charge in [0.15, 0.2) is 0 Å². The average molecular weight is 412 g/mol. The van der Waals surface area contributed by atoms with Crippen molar-refractivity contribution >= 4 is 0 Å². The highest BCUT2D eigenvalue weighted by Crippen LogP contribution is 2.47. The molecule has 2 aromatic rings. The smallest absolute Gasteiger partial charge is 0.213 e. The lowest BCUT2D eigenvalue weighted by Gasteiger charge is -2.54. The number of terminal acetylenes is 1. The van der Waals surface area contributed by atoms with Crippen molar-refractivity contribution < 1.29 is 18.6 Å². The van der Waals surface area contributed by atoms with Crippen LogP contribution in [0.15, 0.2) is 36.4 Å². The van der Waals surface area contributed by atoms with Gasteiger partial charge in [-0.05, 0) is 55.6 Å². The Labute approximate surface area is 175 Å². The van der Waals surface area contributed by atoms with Crippen molar-refractivity contribution in [1.82, 2.24) is 9.88 Å². The van der Waals surface area contributed by atoms with Crippen LogP contribution in [0.3, 0.4) is 0 Å². The van der Waals surface area contributed by atoms with Crippen molar-refractivity contribution in [3.8, 4) is 18.2 Å². The fourth-order valence-electron chi connectivity index (χ4n) is 4.79. The summed E-state index contributed by atoms with van der Waals surface area (Å²) in [5.74, 6) is 2.93. The van der Waals surface area contributed by atoms with Crippen LogP contribution in [0.4, 0.5) is 8.78 Å². The van der Waals surface area contributed by atoms with Gasteiger partial charge in [-0.1, -0.05) is 18.1 Å². The van der Waals surface area contributed by atoms with Crippen molar-refractivity contribution in [3.05, 3.63) is 59.0 Å². The molecule has 4 heterocycles. The number of hydrogen-bond acceptors (Lipinski definition) is 4. The first-order chi connectivity index (χ1) is 14.6. The number of ether oxygens (including phenoxy) is 1. The van der Waals surface area contributed by atoms with Crippen molar-refractivity contribution in [2.24, 2.45) is 5.92 Å². The number of rotatable bonds is 7. The molecule has 1 unspecified atom stereocenters. The molecule has 1 aromatic carbocycles. The van der Waals surface area contributed by atoms with Gasteiger partial charge >= 0.3 is 0 Å². The van der Waals surface area contributed by atoms with Crippen LogP contribution in [-0.2, 0) is 12.0 Å². The van der Waals surface area contributed by atoms with Crippen LogP contribution in [0.25, 0.3) is 0 Å². The molecule has 0 aliphatic carbocycles. The fourth-order valence-corrected chi connectivity index (χ4v) is 4.79. The molecule has 30 heavy (non-hydrogen) atoms. The van der Waals surface area contributed by atoms with Crippen molar-refractivity contribution in [2.45, 2.75) is 37.3 Å². The zero-order valence-electron chi connectivity index (χ0n) is 16.9. The lowest BCUT2D eigenvalue weighted by Crippen LogP contribution is -2.63. The van der Waals surface area contributed by atoms with Gasteiger partial charge < -0.3 is 9.84 Å². The maximum absolute atomic E-state index is 13.4. The van der Waals surface area contributed by atoms with Gasteiger partial charge in [0.05, 0.1) is 19.0 Å². The van der Waals surface area contributed by atoms with Crippen LogP contribution >= 0.6 is 0 Å². The minimum atomic E-state index is -1.20. The van der Waals surface area contributed by atoms with E-state index in [9.17, 15) is 13.9 Å². The van der Waals surface area contributed by atoms with E-state index in [1.54, 1.807) is 18.2 Å². The molecule has 5 rings (SSSR count). The molecular formula is C24H26F2N2O2. The van der Waals surface area contributed by atoms with Crippen LogP contribution in [0.2, 0.25) is 0 Å². The van der Waals surface area contributed by atoms with Gasteiger partial charge in [0.1, 0.15) is 17.5 Å². The summed E-state index contributed by atoms with van der Waals surface area (Å²) in [6, 6.07) is 9.35. The minimum Gasteiger partial charge on any atom is -0.478 e. The third-order valence-electron chi connectivity index (χ3n) is 6.28. The van der Waals surface area contributed by atoms with Gasteiger partial charge in [-0.3, -0.25) is 9.29 Å². The Bertz CT molecular complexity index is 920. The molecular weight excluding hydrogens is 386 g/mol. The summed E-state index contributed by atoms with van der Waals surface area (Å²) in [5.41, 5.74) is 1.01. The SMILES string of the molecule is C#CC1N2CCC(CC2)[C@@]1(O)c1ccc(OCCCF)nc1Cc1ccc(F)cc1. The first kappa shape index (κ1) is 20.8. The number of nitrogens with zero attached hydrogens (tertiary/aromatic N) is 2. The maximum Gasteiger partial charge on any atom is 0.213 e. The van der Waals surface area contributed by atoms with Gasteiger partial charge in [-0.25, -0.2) is 9.37 Å². The van der Waals surface area contributed by atoms with E-state index in [0.29, 0.717) is 23.6 Å². The van der Waals surface area contributed by atoms with E-state index in [0.717, 1.165) is 31.5 Å². The summed E-state index contributed by atoms with van der Waals surface area (Å²) in [7, 11) is 0. The Morgan fingerprint density at radius 1 is 1.20 bits per heavy atom. The monoisotopic (exact) mass is 412 g/mol. The van der Waals surface area contributed by atoms with E-state index in [2.05, 4.69) is 15.8 Å². The number of alkyl halides is 1. The summed E-state index contributed by atoms with van der Waals surface area (Å²) in [5, 5.41) is 11.9. The molecule has 3 aliphatic heterocycles. The molecule has 3 saturated heterocycles. The number of aromatic nitrogens is 1. The standard InChI is InChI=1S/C24H26F2N2O2/c1-2-22-24(29,18-10-13-28(22)14-11-18)20-8-9-23(30-15-3-12-25)27-21(20)16-17-4-6-19(26)7-5-17/h1,4-9,18,22,29H,3,10-16H2/t22?,24-/m1/s1. The summed E-state index contributed by atoms with van der Waals surface area (Å²) in [4.78, 5) is 6.81. The zero-order chi connectivity index (χ0) is 21.1. The Morgan fingerprint density at radius 3 is 2.60 bits per heavy atom. The molecule has 0 spiro atoms.